The molecular formula is C18H18O4S2. The smallest absolute Gasteiger partial charge is 0.338 e. The molecule has 0 saturated heterocycles. The maximum Gasteiger partial charge on any atom is 0.338 e. The second-order valence-corrected chi connectivity index (χ2v) is 6.95. The fraction of sp³-hybridized carbons (Fsp3) is 0.222. The molecule has 0 amide bonds. The van der Waals surface area contributed by atoms with Crippen molar-refractivity contribution in [2.24, 2.45) is 0 Å². The van der Waals surface area contributed by atoms with Crippen molar-refractivity contribution in [3.8, 4) is 0 Å². The Morgan fingerprint density at radius 1 is 0.750 bits per heavy atom. The average molecular weight is 362 g/mol. The molecule has 0 N–H and O–H groups in total. The van der Waals surface area contributed by atoms with Crippen molar-refractivity contribution in [3.05, 3.63) is 59.7 Å². The molecule has 0 aliphatic rings. The van der Waals surface area contributed by atoms with Crippen molar-refractivity contribution in [3.63, 3.8) is 0 Å². The summed E-state index contributed by atoms with van der Waals surface area (Å²) in [4.78, 5) is 25.3. The number of carbonyl (C=O) groups excluding carboxylic acids is 2. The maximum atomic E-state index is 11.7. The van der Waals surface area contributed by atoms with E-state index in [9.17, 15) is 9.59 Å². The zero-order chi connectivity index (χ0) is 17.4. The highest BCUT2D eigenvalue weighted by molar-refractivity contribution is 8.03. The summed E-state index contributed by atoms with van der Waals surface area (Å²) < 4.78 is 9.60. The third-order valence-corrected chi connectivity index (χ3v) is 5.59. The average Bonchev–Trinajstić information content (AvgIpc) is 2.64. The van der Waals surface area contributed by atoms with Crippen molar-refractivity contribution in [2.75, 3.05) is 25.7 Å². The molecule has 0 radical (unpaired) electrons. The number of ether oxygens (including phenoxy) is 2. The van der Waals surface area contributed by atoms with Gasteiger partial charge in [0.05, 0.1) is 25.3 Å². The quantitative estimate of drug-likeness (QED) is 0.419. The van der Waals surface area contributed by atoms with Gasteiger partial charge in [-0.05, 0) is 24.3 Å². The molecule has 0 bridgehead atoms. The summed E-state index contributed by atoms with van der Waals surface area (Å²) in [6, 6.07) is 14.8. The van der Waals surface area contributed by atoms with Gasteiger partial charge in [0.25, 0.3) is 0 Å². The van der Waals surface area contributed by atoms with Gasteiger partial charge >= 0.3 is 11.9 Å². The molecule has 6 heteroatoms. The number of benzene rings is 2. The van der Waals surface area contributed by atoms with E-state index in [0.29, 0.717) is 11.1 Å². The maximum absolute atomic E-state index is 11.7. The van der Waals surface area contributed by atoms with E-state index in [1.165, 1.54) is 14.2 Å². The molecule has 24 heavy (non-hydrogen) atoms. The van der Waals surface area contributed by atoms with Gasteiger partial charge in [-0.3, -0.25) is 0 Å². The van der Waals surface area contributed by atoms with Crippen molar-refractivity contribution < 1.29 is 19.1 Å². The van der Waals surface area contributed by atoms with E-state index in [4.69, 9.17) is 9.47 Å². The SMILES string of the molecule is COC(=O)c1ccccc1SCCSc1ccccc1C(=O)OC. The van der Waals surface area contributed by atoms with Gasteiger partial charge in [-0.15, -0.1) is 23.5 Å². The summed E-state index contributed by atoms with van der Waals surface area (Å²) in [6.45, 7) is 0. The van der Waals surface area contributed by atoms with E-state index in [-0.39, 0.29) is 11.9 Å². The highest BCUT2D eigenvalue weighted by atomic mass is 32.2. The molecule has 0 fully saturated rings. The van der Waals surface area contributed by atoms with Crippen LogP contribution in [0.2, 0.25) is 0 Å². The van der Waals surface area contributed by atoms with Crippen molar-refractivity contribution in [1.82, 2.24) is 0 Å². The van der Waals surface area contributed by atoms with Gasteiger partial charge in [-0.2, -0.15) is 0 Å². The first kappa shape index (κ1) is 18.4. The molecule has 2 aromatic carbocycles. The summed E-state index contributed by atoms with van der Waals surface area (Å²) in [5.41, 5.74) is 1.15. The van der Waals surface area contributed by atoms with Crippen molar-refractivity contribution in [2.45, 2.75) is 9.79 Å². The second kappa shape index (κ2) is 9.39. The van der Waals surface area contributed by atoms with Gasteiger partial charge in [-0.1, -0.05) is 24.3 Å². The minimum Gasteiger partial charge on any atom is -0.465 e. The molecule has 4 nitrogen and oxygen atoms in total. The first-order valence-corrected chi connectivity index (χ1v) is 9.24. The van der Waals surface area contributed by atoms with Crippen LogP contribution in [0.15, 0.2) is 58.3 Å². The molecular weight excluding hydrogens is 344 g/mol. The molecule has 126 valence electrons. The van der Waals surface area contributed by atoms with Crippen LogP contribution in [0.5, 0.6) is 0 Å². The molecule has 2 rings (SSSR count). The molecule has 0 unspecified atom stereocenters. The van der Waals surface area contributed by atoms with Crippen LogP contribution >= 0.6 is 23.5 Å². The fourth-order valence-corrected chi connectivity index (χ4v) is 4.12. The Kier molecular flexibility index (Phi) is 7.21. The van der Waals surface area contributed by atoms with Crippen LogP contribution in [0, 0.1) is 0 Å². The highest BCUT2D eigenvalue weighted by Crippen LogP contribution is 2.28. The zero-order valence-electron chi connectivity index (χ0n) is 13.5. The second-order valence-electron chi connectivity index (χ2n) is 4.67. The van der Waals surface area contributed by atoms with E-state index in [1.54, 1.807) is 35.7 Å². The number of thioether (sulfide) groups is 2. The van der Waals surface area contributed by atoms with Gasteiger partial charge in [0, 0.05) is 21.3 Å². The lowest BCUT2D eigenvalue weighted by Crippen LogP contribution is -2.04. The van der Waals surface area contributed by atoms with Gasteiger partial charge in [0.15, 0.2) is 0 Å². The standard InChI is InChI=1S/C18H18O4S2/c1-21-17(19)13-7-3-5-9-15(13)23-11-12-24-16-10-6-4-8-14(16)18(20)22-2/h3-10H,11-12H2,1-2H3. The third kappa shape index (κ3) is 4.79. The lowest BCUT2D eigenvalue weighted by molar-refractivity contribution is 0.0588. The number of rotatable bonds is 7. The minimum atomic E-state index is -0.332. The van der Waals surface area contributed by atoms with Crippen LogP contribution in [0.3, 0.4) is 0 Å². The lowest BCUT2D eigenvalue weighted by Gasteiger charge is -2.09. The number of hydrogen-bond acceptors (Lipinski definition) is 6. The first-order valence-electron chi connectivity index (χ1n) is 7.27. The lowest BCUT2D eigenvalue weighted by atomic mass is 10.2. The normalized spacial score (nSPS) is 10.2. The molecule has 0 spiro atoms. The van der Waals surface area contributed by atoms with E-state index >= 15 is 0 Å². The molecule has 0 aliphatic heterocycles. The zero-order valence-corrected chi connectivity index (χ0v) is 15.1. The van der Waals surface area contributed by atoms with E-state index < -0.39 is 0 Å². The summed E-state index contributed by atoms with van der Waals surface area (Å²) >= 11 is 3.18. The van der Waals surface area contributed by atoms with Gasteiger partial charge in [-0.25, -0.2) is 9.59 Å². The van der Waals surface area contributed by atoms with Crippen LogP contribution in [-0.2, 0) is 9.47 Å². The number of carbonyl (C=O) groups is 2. The Balaban J connectivity index is 1.95. The Morgan fingerprint density at radius 2 is 1.12 bits per heavy atom. The van der Waals surface area contributed by atoms with Crippen molar-refractivity contribution in [1.29, 1.82) is 0 Å². The monoisotopic (exact) mass is 362 g/mol. The Hall–Kier alpha value is -1.92. The highest BCUT2D eigenvalue weighted by Gasteiger charge is 2.13. The van der Waals surface area contributed by atoms with Gasteiger partial charge < -0.3 is 9.47 Å². The van der Waals surface area contributed by atoms with E-state index in [0.717, 1.165) is 21.3 Å². The largest absolute Gasteiger partial charge is 0.465 e. The van der Waals surface area contributed by atoms with Crippen LogP contribution in [0.1, 0.15) is 20.7 Å². The van der Waals surface area contributed by atoms with Crippen molar-refractivity contribution >= 4 is 35.5 Å². The molecule has 0 atom stereocenters. The Labute approximate surface area is 149 Å². The molecule has 0 aromatic heterocycles. The Morgan fingerprint density at radius 3 is 1.50 bits per heavy atom. The predicted molar refractivity (Wildman–Crippen MR) is 97.0 cm³/mol. The van der Waals surface area contributed by atoms with Crippen LogP contribution in [0.4, 0.5) is 0 Å². The van der Waals surface area contributed by atoms with E-state index in [2.05, 4.69) is 0 Å². The molecule has 2 aromatic rings. The van der Waals surface area contributed by atoms with Gasteiger partial charge in [0.2, 0.25) is 0 Å². The molecule has 0 aliphatic carbocycles. The predicted octanol–water partition coefficient (Wildman–Crippen LogP) is 4.14. The van der Waals surface area contributed by atoms with Crippen LogP contribution in [-0.4, -0.2) is 37.7 Å². The number of hydrogen-bond donors (Lipinski definition) is 0. The van der Waals surface area contributed by atoms with Gasteiger partial charge in [0.1, 0.15) is 0 Å². The summed E-state index contributed by atoms with van der Waals surface area (Å²) in [5.74, 6) is 0.936. The summed E-state index contributed by atoms with van der Waals surface area (Å²) in [5, 5.41) is 0. The fourth-order valence-electron chi connectivity index (χ4n) is 2.05. The topological polar surface area (TPSA) is 52.6 Å². The molecule has 0 saturated carbocycles. The van der Waals surface area contributed by atoms with Crippen LogP contribution in [0.25, 0.3) is 0 Å². The Bertz CT molecular complexity index is 654. The first-order chi connectivity index (χ1) is 11.7. The number of methoxy groups -OCH3 is 2. The third-order valence-electron chi connectivity index (χ3n) is 3.18. The minimum absolute atomic E-state index is 0.332. The summed E-state index contributed by atoms with van der Waals surface area (Å²) in [7, 11) is 2.76. The molecule has 0 heterocycles. The summed E-state index contributed by atoms with van der Waals surface area (Å²) in [6.07, 6.45) is 0. The number of esters is 2. The van der Waals surface area contributed by atoms with E-state index in [1.807, 2.05) is 36.4 Å². The van der Waals surface area contributed by atoms with Crippen LogP contribution < -0.4 is 0 Å².